The van der Waals surface area contributed by atoms with E-state index in [0.717, 1.165) is 29.6 Å². The molecule has 1 atom stereocenters. The number of carbonyl (C=O) groups is 2. The number of nitrogens with zero attached hydrogens (tertiary/aromatic N) is 4. The van der Waals surface area contributed by atoms with E-state index in [1.807, 2.05) is 20.9 Å². The lowest BCUT2D eigenvalue weighted by Crippen LogP contribution is -2.40. The first-order valence-corrected chi connectivity index (χ1v) is 8.19. The highest BCUT2D eigenvalue weighted by Crippen LogP contribution is 2.26. The number of aliphatic carboxylic acids is 1. The van der Waals surface area contributed by atoms with E-state index in [0.29, 0.717) is 24.3 Å². The number of hydrogen-bond acceptors (Lipinski definition) is 4. The van der Waals surface area contributed by atoms with Gasteiger partial charge in [0.2, 0.25) is 0 Å². The van der Waals surface area contributed by atoms with Crippen LogP contribution in [0, 0.1) is 19.8 Å². The van der Waals surface area contributed by atoms with Gasteiger partial charge in [0.25, 0.3) is 5.91 Å². The van der Waals surface area contributed by atoms with Crippen LogP contribution >= 0.6 is 0 Å². The van der Waals surface area contributed by atoms with Gasteiger partial charge >= 0.3 is 5.97 Å². The van der Waals surface area contributed by atoms with Crippen molar-refractivity contribution in [3.8, 4) is 0 Å². The van der Waals surface area contributed by atoms with Gasteiger partial charge in [-0.25, -0.2) is 4.98 Å². The molecular formula is C17H22N4O3. The maximum absolute atomic E-state index is 13.1. The smallest absolute Gasteiger partial charge is 0.303 e. The molecule has 0 bridgehead atoms. The average molecular weight is 330 g/mol. The number of amides is 1. The molecule has 0 saturated carbocycles. The molecule has 0 aliphatic carbocycles. The van der Waals surface area contributed by atoms with Crippen LogP contribution in [0.2, 0.25) is 0 Å². The molecule has 3 heterocycles. The minimum Gasteiger partial charge on any atom is -0.481 e. The first-order chi connectivity index (χ1) is 11.4. The van der Waals surface area contributed by atoms with Gasteiger partial charge in [-0.3, -0.25) is 14.3 Å². The summed E-state index contributed by atoms with van der Waals surface area (Å²) in [5, 5.41) is 14.2. The summed E-state index contributed by atoms with van der Waals surface area (Å²) in [6, 6.07) is 1.81. The Balaban J connectivity index is 1.95. The summed E-state index contributed by atoms with van der Waals surface area (Å²) in [4.78, 5) is 30.3. The van der Waals surface area contributed by atoms with Gasteiger partial charge in [0.05, 0.1) is 16.6 Å². The highest BCUT2D eigenvalue weighted by atomic mass is 16.4. The number of pyridine rings is 1. The number of piperidine rings is 1. The molecule has 2 aromatic rings. The lowest BCUT2D eigenvalue weighted by Gasteiger charge is -2.32. The SMILES string of the molecule is Cc1cc(C(=O)N2CCCC(CC(=O)O)C2)c2c(C)nn(C)c2n1. The lowest BCUT2D eigenvalue weighted by molar-refractivity contribution is -0.138. The normalized spacial score (nSPS) is 18.1. The Labute approximate surface area is 140 Å². The zero-order valence-corrected chi connectivity index (χ0v) is 14.2. The highest BCUT2D eigenvalue weighted by Gasteiger charge is 2.28. The van der Waals surface area contributed by atoms with Crippen molar-refractivity contribution < 1.29 is 14.7 Å². The number of aryl methyl sites for hydroxylation is 3. The number of aromatic nitrogens is 3. The maximum Gasteiger partial charge on any atom is 0.303 e. The molecular weight excluding hydrogens is 308 g/mol. The number of likely N-dealkylation sites (tertiary alicyclic amines) is 1. The second-order valence-corrected chi connectivity index (χ2v) is 6.58. The Morgan fingerprint density at radius 3 is 2.83 bits per heavy atom. The van der Waals surface area contributed by atoms with Crippen molar-refractivity contribution in [2.24, 2.45) is 13.0 Å². The third-order valence-electron chi connectivity index (χ3n) is 4.60. The molecule has 0 spiro atoms. The van der Waals surface area contributed by atoms with E-state index in [-0.39, 0.29) is 18.2 Å². The fraction of sp³-hybridized carbons (Fsp3) is 0.529. The van der Waals surface area contributed by atoms with Crippen LogP contribution in [0.3, 0.4) is 0 Å². The topological polar surface area (TPSA) is 88.3 Å². The Morgan fingerprint density at radius 1 is 1.38 bits per heavy atom. The van der Waals surface area contributed by atoms with Crippen molar-refractivity contribution in [3.63, 3.8) is 0 Å². The molecule has 24 heavy (non-hydrogen) atoms. The summed E-state index contributed by atoms with van der Waals surface area (Å²) in [5.41, 5.74) is 2.87. The summed E-state index contributed by atoms with van der Waals surface area (Å²) >= 11 is 0. The van der Waals surface area contributed by atoms with Gasteiger partial charge in [0.15, 0.2) is 5.65 Å². The maximum atomic E-state index is 13.1. The second kappa shape index (κ2) is 6.22. The van der Waals surface area contributed by atoms with Gasteiger partial charge in [-0.1, -0.05) is 0 Å². The van der Waals surface area contributed by atoms with Crippen LogP contribution in [0.15, 0.2) is 6.07 Å². The molecule has 128 valence electrons. The van der Waals surface area contributed by atoms with Gasteiger partial charge in [-0.15, -0.1) is 0 Å². The third kappa shape index (κ3) is 2.98. The molecule has 7 heteroatoms. The Kier molecular flexibility index (Phi) is 4.26. The predicted octanol–water partition coefficient (Wildman–Crippen LogP) is 1.91. The average Bonchev–Trinajstić information content (AvgIpc) is 2.80. The monoisotopic (exact) mass is 330 g/mol. The van der Waals surface area contributed by atoms with E-state index in [4.69, 9.17) is 5.11 Å². The Morgan fingerprint density at radius 2 is 2.12 bits per heavy atom. The number of rotatable bonds is 3. The molecule has 1 fully saturated rings. The van der Waals surface area contributed by atoms with E-state index < -0.39 is 5.97 Å². The van der Waals surface area contributed by atoms with Gasteiger partial charge in [-0.05, 0) is 38.7 Å². The number of carbonyl (C=O) groups excluding carboxylic acids is 1. The van der Waals surface area contributed by atoms with Crippen molar-refractivity contribution >= 4 is 22.9 Å². The number of carboxylic acids is 1. The summed E-state index contributed by atoms with van der Waals surface area (Å²) in [7, 11) is 1.82. The van der Waals surface area contributed by atoms with Crippen LogP contribution in [0.25, 0.3) is 11.0 Å². The molecule has 1 aliphatic rings. The summed E-state index contributed by atoms with van der Waals surface area (Å²) in [6.07, 6.45) is 1.80. The van der Waals surface area contributed by atoms with Crippen molar-refractivity contribution in [3.05, 3.63) is 23.0 Å². The zero-order valence-electron chi connectivity index (χ0n) is 14.2. The van der Waals surface area contributed by atoms with Crippen LogP contribution in [-0.4, -0.2) is 49.7 Å². The number of carboxylic acid groups (broad SMARTS) is 1. The fourth-order valence-electron chi connectivity index (χ4n) is 3.57. The molecule has 1 aliphatic heterocycles. The van der Waals surface area contributed by atoms with Crippen LogP contribution in [0.5, 0.6) is 0 Å². The minimum atomic E-state index is -0.806. The van der Waals surface area contributed by atoms with Crippen LogP contribution in [0.1, 0.15) is 41.0 Å². The van der Waals surface area contributed by atoms with Gasteiger partial charge in [0, 0.05) is 32.3 Å². The van der Waals surface area contributed by atoms with Crippen molar-refractivity contribution in [1.29, 1.82) is 0 Å². The Hall–Kier alpha value is -2.44. The second-order valence-electron chi connectivity index (χ2n) is 6.58. The van der Waals surface area contributed by atoms with Crippen LogP contribution < -0.4 is 0 Å². The molecule has 1 N–H and O–H groups in total. The molecule has 2 aromatic heterocycles. The molecule has 7 nitrogen and oxygen atoms in total. The van der Waals surface area contributed by atoms with E-state index in [1.54, 1.807) is 15.6 Å². The predicted molar refractivity (Wildman–Crippen MR) is 88.9 cm³/mol. The van der Waals surface area contributed by atoms with Crippen molar-refractivity contribution in [2.45, 2.75) is 33.1 Å². The lowest BCUT2D eigenvalue weighted by atomic mass is 9.94. The quantitative estimate of drug-likeness (QED) is 0.929. The molecule has 0 aromatic carbocycles. The van der Waals surface area contributed by atoms with Crippen LogP contribution in [0.4, 0.5) is 0 Å². The van der Waals surface area contributed by atoms with Gasteiger partial charge in [0.1, 0.15) is 0 Å². The molecule has 0 radical (unpaired) electrons. The summed E-state index contributed by atoms with van der Waals surface area (Å²) < 4.78 is 1.69. The molecule has 3 rings (SSSR count). The largest absolute Gasteiger partial charge is 0.481 e. The van der Waals surface area contributed by atoms with Crippen LogP contribution in [-0.2, 0) is 11.8 Å². The molecule has 1 unspecified atom stereocenters. The van der Waals surface area contributed by atoms with E-state index in [1.165, 1.54) is 0 Å². The summed E-state index contributed by atoms with van der Waals surface area (Å²) in [5.74, 6) is -0.843. The standard InChI is InChI=1S/C17H22N4O3/c1-10-7-13(15-11(2)19-20(3)16(15)18-10)17(24)21-6-4-5-12(9-21)8-14(22)23/h7,12H,4-6,8-9H2,1-3H3,(H,22,23). The number of fused-ring (bicyclic) bond motifs is 1. The van der Waals surface area contributed by atoms with Crippen molar-refractivity contribution in [2.75, 3.05) is 13.1 Å². The first-order valence-electron chi connectivity index (χ1n) is 8.19. The minimum absolute atomic E-state index is 0.0219. The molecule has 1 saturated heterocycles. The number of hydrogen-bond donors (Lipinski definition) is 1. The van der Waals surface area contributed by atoms with Crippen molar-refractivity contribution in [1.82, 2.24) is 19.7 Å². The van der Waals surface area contributed by atoms with Gasteiger partial charge < -0.3 is 10.0 Å². The first kappa shape index (κ1) is 16.4. The summed E-state index contributed by atoms with van der Waals surface area (Å²) in [6.45, 7) is 4.89. The van der Waals surface area contributed by atoms with Gasteiger partial charge in [-0.2, -0.15) is 5.10 Å². The third-order valence-corrected chi connectivity index (χ3v) is 4.60. The zero-order chi connectivity index (χ0) is 17.4. The molecule has 1 amide bonds. The Bertz CT molecular complexity index is 812. The van der Waals surface area contributed by atoms with E-state index in [9.17, 15) is 9.59 Å². The van der Waals surface area contributed by atoms with E-state index >= 15 is 0 Å². The highest BCUT2D eigenvalue weighted by molar-refractivity contribution is 6.06. The fourth-order valence-corrected chi connectivity index (χ4v) is 3.57. The van der Waals surface area contributed by atoms with E-state index in [2.05, 4.69) is 10.1 Å².